The minimum absolute atomic E-state index is 0.00301. The van der Waals surface area contributed by atoms with Crippen molar-refractivity contribution in [2.45, 2.75) is 200 Å². The molecule has 0 aliphatic rings. The molecule has 0 fully saturated rings. The average Bonchev–Trinajstić information content (AvgIpc) is 2.98. The Labute approximate surface area is 267 Å². The van der Waals surface area contributed by atoms with Crippen molar-refractivity contribution >= 4 is 11.9 Å². The topological polar surface area (TPSA) is 76.1 Å². The molecule has 0 aromatic heterocycles. The van der Waals surface area contributed by atoms with Crippen LogP contribution in [0.15, 0.2) is 0 Å². The fraction of sp³-hybridized carbons (Fsp3) is 0.946. The summed E-state index contributed by atoms with van der Waals surface area (Å²) < 4.78 is 11.1. The molecule has 0 radical (unpaired) electrons. The van der Waals surface area contributed by atoms with E-state index in [2.05, 4.69) is 13.8 Å². The molecule has 6 heteroatoms. The molecule has 0 aliphatic heterocycles. The van der Waals surface area contributed by atoms with Crippen LogP contribution in [0.1, 0.15) is 194 Å². The number of ether oxygens (including phenoxy) is 2. The van der Waals surface area contributed by atoms with E-state index in [0.29, 0.717) is 19.4 Å². The summed E-state index contributed by atoms with van der Waals surface area (Å²) in [5, 5.41) is 9.23. The Morgan fingerprint density at radius 3 is 1.07 bits per heavy atom. The maximum Gasteiger partial charge on any atom is 0.308 e. The maximum atomic E-state index is 12.5. The van der Waals surface area contributed by atoms with E-state index < -0.39 is 6.29 Å². The van der Waals surface area contributed by atoms with E-state index in [9.17, 15) is 14.7 Å². The smallest absolute Gasteiger partial charge is 0.308 e. The van der Waals surface area contributed by atoms with Gasteiger partial charge < -0.3 is 14.6 Å². The third-order valence-corrected chi connectivity index (χ3v) is 8.44. The third kappa shape index (κ3) is 32.1. The molecule has 6 nitrogen and oxygen atoms in total. The van der Waals surface area contributed by atoms with Crippen molar-refractivity contribution in [1.82, 2.24) is 4.90 Å². The SMILES string of the molecule is CCCCCCCCCCCCCCCC(=O)OC(CN(C)CCO)OC(=O)CCCCCCCCCCCCCCC. The molecule has 0 rings (SSSR count). The van der Waals surface area contributed by atoms with Crippen LogP contribution in [0, 0.1) is 0 Å². The molecule has 0 saturated carbocycles. The number of hydrogen-bond acceptors (Lipinski definition) is 6. The predicted molar refractivity (Wildman–Crippen MR) is 181 cm³/mol. The Kier molecular flexibility index (Phi) is 32.9. The zero-order chi connectivity index (χ0) is 31.6. The Bertz CT molecular complexity index is 556. The summed E-state index contributed by atoms with van der Waals surface area (Å²) in [6.45, 7) is 5.23. The second-order valence-electron chi connectivity index (χ2n) is 12.9. The zero-order valence-corrected chi connectivity index (χ0v) is 29.0. The van der Waals surface area contributed by atoms with Gasteiger partial charge in [0.2, 0.25) is 0 Å². The lowest BCUT2D eigenvalue weighted by atomic mass is 10.0. The minimum atomic E-state index is -0.916. The number of hydrogen-bond donors (Lipinski definition) is 1. The molecule has 43 heavy (non-hydrogen) atoms. The van der Waals surface area contributed by atoms with Gasteiger partial charge in [-0.25, -0.2) is 0 Å². The van der Waals surface area contributed by atoms with Crippen LogP contribution < -0.4 is 0 Å². The molecule has 0 aliphatic carbocycles. The van der Waals surface area contributed by atoms with Gasteiger partial charge in [0, 0.05) is 19.4 Å². The molecule has 0 saturated heterocycles. The Morgan fingerprint density at radius 1 is 0.512 bits per heavy atom. The van der Waals surface area contributed by atoms with E-state index >= 15 is 0 Å². The highest BCUT2D eigenvalue weighted by atomic mass is 16.7. The van der Waals surface area contributed by atoms with Crippen LogP contribution in [0.25, 0.3) is 0 Å². The van der Waals surface area contributed by atoms with Crippen molar-refractivity contribution in [2.75, 3.05) is 26.7 Å². The van der Waals surface area contributed by atoms with Crippen molar-refractivity contribution < 1.29 is 24.2 Å². The van der Waals surface area contributed by atoms with Gasteiger partial charge in [-0.05, 0) is 19.9 Å². The van der Waals surface area contributed by atoms with Crippen LogP contribution in [0.2, 0.25) is 0 Å². The van der Waals surface area contributed by atoms with Gasteiger partial charge in [-0.15, -0.1) is 0 Å². The van der Waals surface area contributed by atoms with Crippen molar-refractivity contribution in [3.8, 4) is 0 Å². The van der Waals surface area contributed by atoms with Gasteiger partial charge in [-0.3, -0.25) is 14.5 Å². The molecular weight excluding hydrogens is 538 g/mol. The summed E-state index contributed by atoms with van der Waals surface area (Å²) in [4.78, 5) is 26.8. The summed E-state index contributed by atoms with van der Waals surface area (Å²) >= 11 is 0. The summed E-state index contributed by atoms with van der Waals surface area (Å²) in [5.74, 6) is -0.613. The number of nitrogens with zero attached hydrogens (tertiary/aromatic N) is 1. The fourth-order valence-corrected chi connectivity index (χ4v) is 5.60. The molecule has 0 atom stereocenters. The summed E-state index contributed by atoms with van der Waals surface area (Å²) in [6.07, 6.45) is 32.6. The number of esters is 2. The second kappa shape index (κ2) is 33.7. The molecule has 0 aromatic carbocycles. The predicted octanol–water partition coefficient (Wildman–Crippen LogP) is 10.3. The van der Waals surface area contributed by atoms with Gasteiger partial charge in [-0.1, -0.05) is 168 Å². The molecular formula is C37H73NO5. The summed E-state index contributed by atoms with van der Waals surface area (Å²) in [7, 11) is 1.82. The van der Waals surface area contributed by atoms with Crippen molar-refractivity contribution in [3.63, 3.8) is 0 Å². The first-order valence-electron chi connectivity index (χ1n) is 18.7. The lowest BCUT2D eigenvalue weighted by molar-refractivity contribution is -0.190. The van der Waals surface area contributed by atoms with Crippen molar-refractivity contribution in [1.29, 1.82) is 0 Å². The van der Waals surface area contributed by atoms with Crippen LogP contribution in [-0.2, 0) is 19.1 Å². The zero-order valence-electron chi connectivity index (χ0n) is 29.0. The van der Waals surface area contributed by atoms with E-state index in [-0.39, 0.29) is 25.1 Å². The van der Waals surface area contributed by atoms with E-state index in [1.54, 1.807) is 0 Å². The largest absolute Gasteiger partial charge is 0.424 e. The normalized spacial score (nSPS) is 11.5. The van der Waals surface area contributed by atoms with Gasteiger partial charge in [0.1, 0.15) is 0 Å². The van der Waals surface area contributed by atoms with Gasteiger partial charge >= 0.3 is 11.9 Å². The number of carbonyl (C=O) groups excluding carboxylic acids is 2. The molecule has 256 valence electrons. The monoisotopic (exact) mass is 612 g/mol. The molecule has 0 bridgehead atoms. The molecule has 0 heterocycles. The first kappa shape index (κ1) is 41.9. The second-order valence-corrected chi connectivity index (χ2v) is 12.9. The van der Waals surface area contributed by atoms with Crippen LogP contribution >= 0.6 is 0 Å². The number of carbonyl (C=O) groups is 2. The highest BCUT2D eigenvalue weighted by Crippen LogP contribution is 2.15. The fourth-order valence-electron chi connectivity index (χ4n) is 5.60. The van der Waals surface area contributed by atoms with E-state index in [1.807, 2.05) is 11.9 Å². The first-order chi connectivity index (χ1) is 21.0. The lowest BCUT2D eigenvalue weighted by Gasteiger charge is -2.23. The number of aliphatic hydroxyl groups excluding tert-OH is 1. The lowest BCUT2D eigenvalue weighted by Crippen LogP contribution is -2.37. The number of likely N-dealkylation sites (N-methyl/N-ethyl adjacent to an activating group) is 1. The Hall–Kier alpha value is -1.14. The highest BCUT2D eigenvalue weighted by molar-refractivity contribution is 5.71. The standard InChI is InChI=1S/C37H73NO5/c1-4-6-8-10-12-14-16-18-20-22-24-26-28-30-35(40)42-37(34-38(3)32-33-39)43-36(41)31-29-27-25-23-21-19-17-15-13-11-9-7-5-2/h37,39H,4-34H2,1-3H3. The number of unbranched alkanes of at least 4 members (excludes halogenated alkanes) is 24. The molecule has 0 amide bonds. The van der Waals surface area contributed by atoms with Crippen molar-refractivity contribution in [2.24, 2.45) is 0 Å². The van der Waals surface area contributed by atoms with Gasteiger partial charge in [-0.2, -0.15) is 0 Å². The van der Waals surface area contributed by atoms with Crippen LogP contribution in [0.3, 0.4) is 0 Å². The van der Waals surface area contributed by atoms with Crippen LogP contribution in [0.4, 0.5) is 0 Å². The van der Waals surface area contributed by atoms with E-state index in [0.717, 1.165) is 38.5 Å². The van der Waals surface area contributed by atoms with Gasteiger partial charge in [0.05, 0.1) is 13.2 Å². The maximum absolute atomic E-state index is 12.5. The minimum Gasteiger partial charge on any atom is -0.424 e. The molecule has 0 spiro atoms. The number of aliphatic hydroxyl groups is 1. The van der Waals surface area contributed by atoms with Crippen LogP contribution in [0.5, 0.6) is 0 Å². The quantitative estimate of drug-likeness (QED) is 0.0443. The van der Waals surface area contributed by atoms with Crippen LogP contribution in [-0.4, -0.2) is 55.0 Å². The molecule has 1 N–H and O–H groups in total. The Morgan fingerprint density at radius 2 is 0.791 bits per heavy atom. The molecule has 0 aromatic rings. The molecule has 0 unspecified atom stereocenters. The van der Waals surface area contributed by atoms with Gasteiger partial charge in [0.15, 0.2) is 0 Å². The highest BCUT2D eigenvalue weighted by Gasteiger charge is 2.20. The average molecular weight is 612 g/mol. The summed E-state index contributed by atoms with van der Waals surface area (Å²) in [6, 6.07) is 0. The van der Waals surface area contributed by atoms with Gasteiger partial charge in [0.25, 0.3) is 6.29 Å². The Balaban J connectivity index is 3.96. The van der Waals surface area contributed by atoms with E-state index in [4.69, 9.17) is 9.47 Å². The summed E-state index contributed by atoms with van der Waals surface area (Å²) in [5.41, 5.74) is 0. The first-order valence-corrected chi connectivity index (χ1v) is 18.7. The van der Waals surface area contributed by atoms with E-state index in [1.165, 1.54) is 128 Å². The number of rotatable bonds is 34. The van der Waals surface area contributed by atoms with Crippen molar-refractivity contribution in [3.05, 3.63) is 0 Å². The third-order valence-electron chi connectivity index (χ3n) is 8.44.